The van der Waals surface area contributed by atoms with Crippen LogP contribution in [0.25, 0.3) is 0 Å². The summed E-state index contributed by atoms with van der Waals surface area (Å²) in [7, 11) is 1.62. The van der Waals surface area contributed by atoms with E-state index in [-0.39, 0.29) is 0 Å². The van der Waals surface area contributed by atoms with Crippen molar-refractivity contribution < 1.29 is 4.74 Å². The van der Waals surface area contributed by atoms with Crippen molar-refractivity contribution in [2.45, 2.75) is 6.42 Å². The summed E-state index contributed by atoms with van der Waals surface area (Å²) >= 11 is 16.3. The van der Waals surface area contributed by atoms with Crippen LogP contribution in [-0.2, 0) is 6.42 Å². The molecule has 0 fully saturated rings. The molecular weight excluding hydrogens is 376 g/mol. The van der Waals surface area contributed by atoms with Crippen LogP contribution in [0.4, 0.5) is 5.69 Å². The van der Waals surface area contributed by atoms with Crippen LogP contribution in [0, 0.1) is 0 Å². The van der Waals surface area contributed by atoms with Crippen molar-refractivity contribution in [2.75, 3.05) is 19.0 Å². The van der Waals surface area contributed by atoms with Crippen molar-refractivity contribution in [1.82, 2.24) is 16.2 Å². The van der Waals surface area contributed by atoms with Gasteiger partial charge in [-0.05, 0) is 72.8 Å². The molecule has 0 aliphatic carbocycles. The van der Waals surface area contributed by atoms with Gasteiger partial charge in [0.1, 0.15) is 5.75 Å². The number of rotatable bonds is 5. The third kappa shape index (κ3) is 7.13. The van der Waals surface area contributed by atoms with E-state index in [1.807, 2.05) is 48.5 Å². The number of ether oxygens (including phenoxy) is 1. The van der Waals surface area contributed by atoms with Crippen LogP contribution >= 0.6 is 36.0 Å². The number of hydrazine groups is 1. The molecule has 0 bridgehead atoms. The summed E-state index contributed by atoms with van der Waals surface area (Å²) in [6.07, 6.45) is 0.841. The highest BCUT2D eigenvalue weighted by molar-refractivity contribution is 7.80. The zero-order chi connectivity index (χ0) is 18.1. The van der Waals surface area contributed by atoms with Gasteiger partial charge in [0, 0.05) is 17.3 Å². The highest BCUT2D eigenvalue weighted by Gasteiger charge is 2.00. The highest BCUT2D eigenvalue weighted by atomic mass is 35.5. The zero-order valence-corrected chi connectivity index (χ0v) is 16.0. The van der Waals surface area contributed by atoms with Gasteiger partial charge in [-0.2, -0.15) is 0 Å². The molecule has 8 heteroatoms. The largest absolute Gasteiger partial charge is 0.497 e. The highest BCUT2D eigenvalue weighted by Crippen LogP contribution is 2.14. The Kier molecular flexibility index (Phi) is 7.72. The predicted molar refractivity (Wildman–Crippen MR) is 111 cm³/mol. The Labute approximate surface area is 163 Å². The topological polar surface area (TPSA) is 57.4 Å². The van der Waals surface area contributed by atoms with Crippen LogP contribution in [0.5, 0.6) is 5.75 Å². The molecule has 2 aromatic carbocycles. The molecule has 0 aliphatic rings. The fourth-order valence-corrected chi connectivity index (χ4v) is 2.41. The maximum Gasteiger partial charge on any atom is 0.189 e. The second kappa shape index (κ2) is 10.0. The first-order valence-corrected chi connectivity index (χ1v) is 8.75. The first kappa shape index (κ1) is 19.2. The Hall–Kier alpha value is -2.09. The van der Waals surface area contributed by atoms with Gasteiger partial charge in [-0.15, -0.1) is 0 Å². The monoisotopic (exact) mass is 394 g/mol. The van der Waals surface area contributed by atoms with E-state index in [2.05, 4.69) is 21.5 Å². The van der Waals surface area contributed by atoms with Crippen LogP contribution in [-0.4, -0.2) is 23.9 Å². The van der Waals surface area contributed by atoms with E-state index in [0.29, 0.717) is 16.8 Å². The van der Waals surface area contributed by atoms with E-state index in [4.69, 9.17) is 40.8 Å². The number of halogens is 1. The molecule has 0 unspecified atom stereocenters. The summed E-state index contributed by atoms with van der Waals surface area (Å²) in [6, 6.07) is 15.2. The normalized spacial score (nSPS) is 9.84. The molecular formula is C17H19ClN4OS2. The molecule has 0 radical (unpaired) electrons. The van der Waals surface area contributed by atoms with Crippen LogP contribution in [0.15, 0.2) is 48.5 Å². The molecule has 0 saturated heterocycles. The smallest absolute Gasteiger partial charge is 0.189 e. The molecule has 0 saturated carbocycles. The van der Waals surface area contributed by atoms with Gasteiger partial charge in [0.05, 0.1) is 7.11 Å². The summed E-state index contributed by atoms with van der Waals surface area (Å²) < 4.78 is 5.11. The third-order valence-electron chi connectivity index (χ3n) is 3.25. The minimum absolute atomic E-state index is 0.409. The third-order valence-corrected chi connectivity index (χ3v) is 3.95. The van der Waals surface area contributed by atoms with Crippen LogP contribution < -0.4 is 26.2 Å². The van der Waals surface area contributed by atoms with Crippen molar-refractivity contribution in [1.29, 1.82) is 0 Å². The van der Waals surface area contributed by atoms with Gasteiger partial charge in [-0.3, -0.25) is 10.9 Å². The van der Waals surface area contributed by atoms with E-state index in [9.17, 15) is 0 Å². The fraction of sp³-hybridized carbons (Fsp3) is 0.176. The minimum atomic E-state index is 0.409. The molecule has 132 valence electrons. The van der Waals surface area contributed by atoms with Gasteiger partial charge >= 0.3 is 0 Å². The minimum Gasteiger partial charge on any atom is -0.497 e. The van der Waals surface area contributed by atoms with Crippen molar-refractivity contribution in [3.8, 4) is 5.75 Å². The van der Waals surface area contributed by atoms with E-state index < -0.39 is 0 Å². The standard InChI is InChI=1S/C17H19ClN4OS2/c1-23-15-8-6-14(7-9-15)20-17(25)22-21-16(24)19-11-10-12-2-4-13(18)5-3-12/h2-9H,10-11H2,1H3,(H2,19,21,24)(H2,20,22,25). The quantitative estimate of drug-likeness (QED) is 0.458. The van der Waals surface area contributed by atoms with Crippen molar-refractivity contribution in [3.05, 3.63) is 59.1 Å². The second-order valence-corrected chi connectivity index (χ2v) is 6.32. The summed E-state index contributed by atoms with van der Waals surface area (Å²) in [6.45, 7) is 0.702. The van der Waals surface area contributed by atoms with Gasteiger partial charge in [0.2, 0.25) is 0 Å². The molecule has 0 aliphatic heterocycles. The van der Waals surface area contributed by atoms with Crippen LogP contribution in [0.3, 0.4) is 0 Å². The fourth-order valence-electron chi connectivity index (χ4n) is 1.97. The van der Waals surface area contributed by atoms with Gasteiger partial charge in [0.15, 0.2) is 10.2 Å². The molecule has 0 amide bonds. The summed E-state index contributed by atoms with van der Waals surface area (Å²) in [5.74, 6) is 0.786. The Morgan fingerprint density at radius 2 is 1.60 bits per heavy atom. The first-order chi connectivity index (χ1) is 12.1. The van der Waals surface area contributed by atoms with Gasteiger partial charge in [-0.1, -0.05) is 23.7 Å². The molecule has 25 heavy (non-hydrogen) atoms. The number of thiocarbonyl (C=S) groups is 2. The van der Waals surface area contributed by atoms with Gasteiger partial charge in [0.25, 0.3) is 0 Å². The SMILES string of the molecule is COc1ccc(NC(=S)NNC(=S)NCCc2ccc(Cl)cc2)cc1. The molecule has 0 aromatic heterocycles. The number of anilines is 1. The van der Waals surface area contributed by atoms with E-state index in [1.54, 1.807) is 7.11 Å². The van der Waals surface area contributed by atoms with Crippen molar-refractivity contribution in [3.63, 3.8) is 0 Å². The van der Waals surface area contributed by atoms with E-state index in [1.165, 1.54) is 5.56 Å². The number of hydrogen-bond acceptors (Lipinski definition) is 3. The molecule has 0 spiro atoms. The van der Waals surface area contributed by atoms with Gasteiger partial charge in [-0.25, -0.2) is 0 Å². The molecule has 2 rings (SSSR count). The number of methoxy groups -OCH3 is 1. The molecule has 0 atom stereocenters. The lowest BCUT2D eigenvalue weighted by Gasteiger charge is -2.14. The molecule has 2 aromatic rings. The average Bonchev–Trinajstić information content (AvgIpc) is 2.62. The predicted octanol–water partition coefficient (Wildman–Crippen LogP) is 3.26. The zero-order valence-electron chi connectivity index (χ0n) is 13.6. The van der Waals surface area contributed by atoms with Crippen molar-refractivity contribution >= 4 is 51.9 Å². The number of hydrogen-bond donors (Lipinski definition) is 4. The summed E-state index contributed by atoms with van der Waals surface area (Å²) in [5.41, 5.74) is 7.71. The number of nitrogens with one attached hydrogen (secondary N) is 4. The maximum absolute atomic E-state index is 5.86. The maximum atomic E-state index is 5.86. The first-order valence-electron chi connectivity index (χ1n) is 7.56. The van der Waals surface area contributed by atoms with Gasteiger partial charge < -0.3 is 15.4 Å². The Morgan fingerprint density at radius 1 is 0.960 bits per heavy atom. The molecule has 5 nitrogen and oxygen atoms in total. The molecule has 4 N–H and O–H groups in total. The van der Waals surface area contributed by atoms with Crippen molar-refractivity contribution in [2.24, 2.45) is 0 Å². The lowest BCUT2D eigenvalue weighted by molar-refractivity contribution is 0.415. The lowest BCUT2D eigenvalue weighted by Crippen LogP contribution is -2.48. The summed E-state index contributed by atoms with van der Waals surface area (Å²) in [4.78, 5) is 0. The van der Waals surface area contributed by atoms with E-state index >= 15 is 0 Å². The van der Waals surface area contributed by atoms with E-state index in [0.717, 1.165) is 22.9 Å². The average molecular weight is 395 g/mol. The number of benzene rings is 2. The Morgan fingerprint density at radius 3 is 2.24 bits per heavy atom. The van der Waals surface area contributed by atoms with Crippen LogP contribution in [0.1, 0.15) is 5.56 Å². The lowest BCUT2D eigenvalue weighted by atomic mass is 10.1. The summed E-state index contributed by atoms with van der Waals surface area (Å²) in [5, 5.41) is 7.75. The second-order valence-electron chi connectivity index (χ2n) is 5.06. The Balaban J connectivity index is 1.64. The molecule has 0 heterocycles. The van der Waals surface area contributed by atoms with Crippen LogP contribution in [0.2, 0.25) is 5.02 Å². The Bertz CT molecular complexity index is 708.